The number of ether oxygens (including phenoxy) is 1. The number of hydrogen-bond donors (Lipinski definition) is 0. The van der Waals surface area contributed by atoms with E-state index in [1.165, 1.54) is 20.8 Å². The minimum Gasteiger partial charge on any atom is -0.427 e. The molecule has 1 rings (SSSR count). The molecule has 0 unspecified atom stereocenters. The minimum absolute atomic E-state index is 0.175. The summed E-state index contributed by atoms with van der Waals surface area (Å²) in [5, 5.41) is 0. The molecule has 132 valence electrons. The largest absolute Gasteiger partial charge is 0.627 e. The Morgan fingerprint density at radius 1 is 0.870 bits per heavy atom. The second-order valence-electron chi connectivity index (χ2n) is 4.15. The van der Waals surface area contributed by atoms with E-state index in [0.717, 1.165) is 0 Å². The SMILES string of the molecule is CCO[Si](OCC)(OCC)C(F)(F)Oc1ccc(F)c(F)c1F. The highest BCUT2D eigenvalue weighted by atomic mass is 28.4. The Morgan fingerprint density at radius 2 is 1.35 bits per heavy atom. The van der Waals surface area contributed by atoms with Crippen molar-refractivity contribution in [2.45, 2.75) is 26.5 Å². The van der Waals surface area contributed by atoms with Gasteiger partial charge in [-0.15, -0.1) is 0 Å². The number of rotatable bonds is 9. The fraction of sp³-hybridized carbons (Fsp3) is 0.538. The molecule has 0 amide bonds. The van der Waals surface area contributed by atoms with E-state index in [9.17, 15) is 22.0 Å². The molecule has 1 aromatic rings. The molecular weight excluding hydrogens is 343 g/mol. The van der Waals surface area contributed by atoms with E-state index in [1.54, 1.807) is 0 Å². The van der Waals surface area contributed by atoms with Crippen molar-refractivity contribution in [3.8, 4) is 5.75 Å². The summed E-state index contributed by atoms with van der Waals surface area (Å²) in [6, 6.07) is 1.01. The van der Waals surface area contributed by atoms with E-state index >= 15 is 0 Å². The van der Waals surface area contributed by atoms with Crippen molar-refractivity contribution in [2.75, 3.05) is 19.8 Å². The van der Waals surface area contributed by atoms with Crippen molar-refractivity contribution < 1.29 is 40.0 Å². The second kappa shape index (κ2) is 8.04. The molecule has 1 aromatic carbocycles. The lowest BCUT2D eigenvalue weighted by Crippen LogP contribution is -2.63. The van der Waals surface area contributed by atoms with E-state index in [2.05, 4.69) is 4.74 Å². The van der Waals surface area contributed by atoms with Gasteiger partial charge >= 0.3 is 14.5 Å². The highest BCUT2D eigenvalue weighted by molar-refractivity contribution is 6.63. The predicted octanol–water partition coefficient (Wildman–Crippen LogP) is 3.66. The van der Waals surface area contributed by atoms with Crippen LogP contribution in [0.1, 0.15) is 20.8 Å². The maximum atomic E-state index is 14.5. The third kappa shape index (κ3) is 4.19. The van der Waals surface area contributed by atoms with E-state index in [1.807, 2.05) is 0 Å². The number of alkyl halides is 2. The Balaban J connectivity index is 3.21. The molecule has 4 nitrogen and oxygen atoms in total. The van der Waals surface area contributed by atoms with Gasteiger partial charge in [-0.3, -0.25) is 0 Å². The molecule has 0 saturated heterocycles. The maximum absolute atomic E-state index is 14.5. The summed E-state index contributed by atoms with van der Waals surface area (Å²) in [7, 11) is -4.70. The van der Waals surface area contributed by atoms with E-state index in [0.29, 0.717) is 12.1 Å². The van der Waals surface area contributed by atoms with Gasteiger partial charge in [-0.1, -0.05) is 0 Å². The molecule has 23 heavy (non-hydrogen) atoms. The lowest BCUT2D eigenvalue weighted by molar-refractivity contribution is -0.171. The monoisotopic (exact) mass is 360 g/mol. The number of benzene rings is 1. The van der Waals surface area contributed by atoms with Crippen LogP contribution in [0.3, 0.4) is 0 Å². The molecule has 0 atom stereocenters. The first-order chi connectivity index (χ1) is 10.7. The highest BCUT2D eigenvalue weighted by Crippen LogP contribution is 2.35. The lowest BCUT2D eigenvalue weighted by Gasteiger charge is -2.33. The van der Waals surface area contributed by atoms with Gasteiger partial charge in [0, 0.05) is 19.8 Å². The molecule has 0 aliphatic carbocycles. The third-order valence-electron chi connectivity index (χ3n) is 2.60. The number of halogens is 5. The van der Waals surface area contributed by atoms with E-state index in [-0.39, 0.29) is 19.8 Å². The molecule has 0 radical (unpaired) electrons. The van der Waals surface area contributed by atoms with Crippen LogP contribution in [0.25, 0.3) is 0 Å². The Kier molecular flexibility index (Phi) is 6.93. The summed E-state index contributed by atoms with van der Waals surface area (Å²) >= 11 is 0. The minimum atomic E-state index is -4.70. The first-order valence-electron chi connectivity index (χ1n) is 6.86. The van der Waals surface area contributed by atoms with Gasteiger partial charge in [0.25, 0.3) is 0 Å². The van der Waals surface area contributed by atoms with Crippen molar-refractivity contribution >= 4 is 8.80 Å². The zero-order valence-corrected chi connectivity index (χ0v) is 13.8. The highest BCUT2D eigenvalue weighted by Gasteiger charge is 2.68. The van der Waals surface area contributed by atoms with Crippen LogP contribution in [0.2, 0.25) is 0 Å². The van der Waals surface area contributed by atoms with Crippen molar-refractivity contribution in [3.63, 3.8) is 0 Å². The average Bonchev–Trinajstić information content (AvgIpc) is 2.48. The molecule has 0 spiro atoms. The molecule has 0 aliphatic rings. The van der Waals surface area contributed by atoms with Crippen LogP contribution >= 0.6 is 0 Å². The van der Waals surface area contributed by atoms with Crippen LogP contribution in [0.5, 0.6) is 5.75 Å². The summed E-state index contributed by atoms with van der Waals surface area (Å²) in [5.74, 6) is -6.50. The zero-order chi connectivity index (χ0) is 17.7. The third-order valence-corrected chi connectivity index (χ3v) is 5.42. The van der Waals surface area contributed by atoms with Gasteiger partial charge in [0.1, 0.15) is 0 Å². The Labute approximate surface area is 131 Å². The molecule has 0 aliphatic heterocycles. The zero-order valence-electron chi connectivity index (χ0n) is 12.8. The van der Waals surface area contributed by atoms with Gasteiger partial charge in [-0.05, 0) is 32.9 Å². The van der Waals surface area contributed by atoms with Crippen LogP contribution in [-0.4, -0.2) is 34.4 Å². The van der Waals surface area contributed by atoms with Crippen molar-refractivity contribution in [1.82, 2.24) is 0 Å². The van der Waals surface area contributed by atoms with Crippen molar-refractivity contribution in [3.05, 3.63) is 29.6 Å². The first kappa shape index (κ1) is 19.8. The second-order valence-corrected chi connectivity index (χ2v) is 6.71. The van der Waals surface area contributed by atoms with Crippen LogP contribution < -0.4 is 4.74 Å². The average molecular weight is 360 g/mol. The molecule has 0 heterocycles. The summed E-state index contributed by atoms with van der Waals surface area (Å²) in [4.78, 5) is 0. The van der Waals surface area contributed by atoms with Gasteiger partial charge in [0.2, 0.25) is 5.82 Å². The Morgan fingerprint density at radius 3 is 1.78 bits per heavy atom. The molecule has 10 heteroatoms. The molecule has 0 saturated carbocycles. The van der Waals surface area contributed by atoms with E-state index in [4.69, 9.17) is 13.3 Å². The van der Waals surface area contributed by atoms with Crippen molar-refractivity contribution in [1.29, 1.82) is 0 Å². The predicted molar refractivity (Wildman–Crippen MR) is 72.5 cm³/mol. The van der Waals surface area contributed by atoms with Crippen molar-refractivity contribution in [2.24, 2.45) is 0 Å². The van der Waals surface area contributed by atoms with Gasteiger partial charge in [0.15, 0.2) is 17.4 Å². The summed E-state index contributed by atoms with van der Waals surface area (Å²) in [5.41, 5.74) is -4.21. The lowest BCUT2D eigenvalue weighted by atomic mass is 10.3. The van der Waals surface area contributed by atoms with Gasteiger partial charge in [-0.2, -0.15) is 13.2 Å². The van der Waals surface area contributed by atoms with Gasteiger partial charge in [0.05, 0.1) is 0 Å². The van der Waals surface area contributed by atoms with E-state index < -0.39 is 37.7 Å². The summed E-state index contributed by atoms with van der Waals surface area (Å²) in [6.45, 7) is 3.79. The summed E-state index contributed by atoms with van der Waals surface area (Å²) < 4.78 is 87.7. The van der Waals surface area contributed by atoms with Gasteiger partial charge in [-0.25, -0.2) is 8.78 Å². The Hall–Kier alpha value is -1.23. The fourth-order valence-electron chi connectivity index (χ4n) is 1.73. The molecule has 0 fully saturated rings. The Bertz CT molecular complexity index is 512. The van der Waals surface area contributed by atoms with Crippen LogP contribution in [0, 0.1) is 17.5 Å². The molecule has 0 bridgehead atoms. The topological polar surface area (TPSA) is 36.9 Å². The molecular formula is C13H17F5O4Si. The standard InChI is InChI=1S/C13H17F5O4Si/c1-4-19-23(20-5-2,21-6-3)13(17,18)22-10-8-7-9(14)11(15)12(10)16/h7-8H,4-6H2,1-3H3. The molecule has 0 N–H and O–H groups in total. The quantitative estimate of drug-likeness (QED) is 0.383. The smallest absolute Gasteiger partial charge is 0.427 e. The first-order valence-corrected chi connectivity index (χ1v) is 8.59. The van der Waals surface area contributed by atoms with Crippen LogP contribution in [0.4, 0.5) is 22.0 Å². The van der Waals surface area contributed by atoms with Gasteiger partial charge < -0.3 is 18.0 Å². The van der Waals surface area contributed by atoms with Crippen LogP contribution in [-0.2, 0) is 13.3 Å². The van der Waals surface area contributed by atoms with Crippen LogP contribution in [0.15, 0.2) is 12.1 Å². The summed E-state index contributed by atoms with van der Waals surface area (Å²) in [6.07, 6.45) is 0. The molecule has 0 aromatic heterocycles. The fourth-order valence-corrected chi connectivity index (χ4v) is 3.86. The normalized spacial score (nSPS) is 12.5. The number of hydrogen-bond acceptors (Lipinski definition) is 4. The maximum Gasteiger partial charge on any atom is 0.627 e.